The first kappa shape index (κ1) is 13.9. The van der Waals surface area contributed by atoms with E-state index in [1.54, 1.807) is 0 Å². The van der Waals surface area contributed by atoms with E-state index in [1.807, 2.05) is 19.9 Å². The van der Waals surface area contributed by atoms with E-state index in [0.717, 1.165) is 25.7 Å². The largest absolute Gasteiger partial charge is 0.397 e. The van der Waals surface area contributed by atoms with Crippen molar-refractivity contribution >= 4 is 9.28 Å². The highest BCUT2D eigenvalue weighted by atomic mass is 28.3. The van der Waals surface area contributed by atoms with Crippen LogP contribution in [-0.2, 0) is 8.85 Å². The lowest BCUT2D eigenvalue weighted by atomic mass is 10.2. The first-order chi connectivity index (χ1) is 6.85. The summed E-state index contributed by atoms with van der Waals surface area (Å²) >= 11 is 0. The monoisotopic (exact) mass is 216 g/mol. The van der Waals surface area contributed by atoms with Crippen molar-refractivity contribution in [1.82, 2.24) is 0 Å². The molecule has 0 aromatic carbocycles. The summed E-state index contributed by atoms with van der Waals surface area (Å²) in [6, 6.07) is 1.15. The second-order valence-corrected chi connectivity index (χ2v) is 5.37. The predicted octanol–water partition coefficient (Wildman–Crippen LogP) is 3.03. The zero-order chi connectivity index (χ0) is 10.6. The first-order valence-electron chi connectivity index (χ1n) is 5.69. The number of allylic oxidation sites excluding steroid dienone is 1. The Labute approximate surface area is 90.2 Å². The van der Waals surface area contributed by atoms with Crippen LogP contribution in [0.15, 0.2) is 12.7 Å². The fourth-order valence-corrected chi connectivity index (χ4v) is 3.16. The van der Waals surface area contributed by atoms with Crippen LogP contribution < -0.4 is 0 Å². The molecule has 84 valence electrons. The summed E-state index contributed by atoms with van der Waals surface area (Å²) in [6.45, 7) is 9.38. The zero-order valence-electron chi connectivity index (χ0n) is 9.63. The summed E-state index contributed by atoms with van der Waals surface area (Å²) in [5.74, 6) is 0. The van der Waals surface area contributed by atoms with Gasteiger partial charge in [-0.05, 0) is 32.7 Å². The molecule has 3 heteroatoms. The lowest BCUT2D eigenvalue weighted by Gasteiger charge is -2.14. The molecule has 0 aliphatic carbocycles. The third kappa shape index (κ3) is 8.47. The van der Waals surface area contributed by atoms with Gasteiger partial charge in [0, 0.05) is 13.2 Å². The maximum Gasteiger partial charge on any atom is 0.321 e. The molecule has 0 saturated heterocycles. The van der Waals surface area contributed by atoms with Gasteiger partial charge in [-0.2, -0.15) is 0 Å². The molecule has 0 spiro atoms. The van der Waals surface area contributed by atoms with Crippen LogP contribution in [0.4, 0.5) is 0 Å². The minimum Gasteiger partial charge on any atom is -0.397 e. The smallest absolute Gasteiger partial charge is 0.321 e. The van der Waals surface area contributed by atoms with Gasteiger partial charge in [0.25, 0.3) is 0 Å². The predicted molar refractivity (Wildman–Crippen MR) is 63.9 cm³/mol. The molecule has 0 unspecified atom stereocenters. The van der Waals surface area contributed by atoms with Gasteiger partial charge in [0.05, 0.1) is 0 Å². The van der Waals surface area contributed by atoms with Crippen molar-refractivity contribution in [3.8, 4) is 0 Å². The maximum atomic E-state index is 5.59. The topological polar surface area (TPSA) is 18.5 Å². The molecule has 0 atom stereocenters. The number of hydrogen-bond donors (Lipinski definition) is 0. The first-order valence-corrected chi connectivity index (χ1v) is 7.45. The Kier molecular flexibility index (Phi) is 10.9. The molecule has 0 aliphatic heterocycles. The maximum absolute atomic E-state index is 5.59. The fraction of sp³-hybridized carbons (Fsp3) is 0.818. The Bertz CT molecular complexity index is 122. The van der Waals surface area contributed by atoms with Crippen LogP contribution in [0.5, 0.6) is 0 Å². The van der Waals surface area contributed by atoms with E-state index >= 15 is 0 Å². The van der Waals surface area contributed by atoms with Gasteiger partial charge in [-0.15, -0.1) is 6.58 Å². The molecule has 0 N–H and O–H groups in total. The van der Waals surface area contributed by atoms with E-state index in [9.17, 15) is 0 Å². The van der Waals surface area contributed by atoms with Gasteiger partial charge in [-0.3, -0.25) is 0 Å². The highest BCUT2D eigenvalue weighted by molar-refractivity contribution is 6.44. The average molecular weight is 216 g/mol. The number of hydrogen-bond acceptors (Lipinski definition) is 2. The molecule has 14 heavy (non-hydrogen) atoms. The van der Waals surface area contributed by atoms with Crippen molar-refractivity contribution in [2.45, 2.75) is 45.6 Å². The SMILES string of the molecule is C=CCCCCC[SiH](OCC)OCC. The Morgan fingerprint density at radius 3 is 2.21 bits per heavy atom. The van der Waals surface area contributed by atoms with Gasteiger partial charge in [-0.1, -0.05) is 18.9 Å². The van der Waals surface area contributed by atoms with E-state index in [2.05, 4.69) is 6.58 Å². The summed E-state index contributed by atoms with van der Waals surface area (Å²) < 4.78 is 11.2. The molecular weight excluding hydrogens is 192 g/mol. The van der Waals surface area contributed by atoms with Gasteiger partial charge < -0.3 is 8.85 Å². The molecule has 0 aliphatic rings. The van der Waals surface area contributed by atoms with Crippen molar-refractivity contribution in [2.75, 3.05) is 13.2 Å². The van der Waals surface area contributed by atoms with Gasteiger partial charge in [0.15, 0.2) is 0 Å². The number of unbranched alkanes of at least 4 members (excludes halogenated alkanes) is 3. The van der Waals surface area contributed by atoms with Crippen LogP contribution in [0.1, 0.15) is 39.5 Å². The number of rotatable bonds is 10. The summed E-state index contributed by atoms with van der Waals surface area (Å²) in [5, 5.41) is 0. The summed E-state index contributed by atoms with van der Waals surface area (Å²) in [5.41, 5.74) is 0. The summed E-state index contributed by atoms with van der Waals surface area (Å²) in [6.07, 6.45) is 6.89. The molecule has 0 fully saturated rings. The van der Waals surface area contributed by atoms with Crippen molar-refractivity contribution in [3.63, 3.8) is 0 Å². The molecule has 0 heterocycles. The Hall–Kier alpha value is -0.123. The van der Waals surface area contributed by atoms with Crippen molar-refractivity contribution in [3.05, 3.63) is 12.7 Å². The lowest BCUT2D eigenvalue weighted by molar-refractivity contribution is 0.212. The van der Waals surface area contributed by atoms with Crippen molar-refractivity contribution in [1.29, 1.82) is 0 Å². The van der Waals surface area contributed by atoms with Crippen LogP contribution in [0, 0.1) is 0 Å². The van der Waals surface area contributed by atoms with Crippen LogP contribution in [-0.4, -0.2) is 22.5 Å². The molecular formula is C11H24O2Si. The quantitative estimate of drug-likeness (QED) is 0.317. The highest BCUT2D eigenvalue weighted by Gasteiger charge is 2.10. The second kappa shape index (κ2) is 11.0. The van der Waals surface area contributed by atoms with E-state index in [4.69, 9.17) is 8.85 Å². The van der Waals surface area contributed by atoms with Crippen LogP contribution in [0.2, 0.25) is 6.04 Å². The van der Waals surface area contributed by atoms with Crippen LogP contribution in [0.3, 0.4) is 0 Å². The van der Waals surface area contributed by atoms with Crippen LogP contribution >= 0.6 is 0 Å². The van der Waals surface area contributed by atoms with Gasteiger partial charge in [0.1, 0.15) is 0 Å². The van der Waals surface area contributed by atoms with E-state index in [0.29, 0.717) is 0 Å². The Balaban J connectivity index is 3.34. The second-order valence-electron chi connectivity index (χ2n) is 3.27. The van der Waals surface area contributed by atoms with Gasteiger partial charge in [0.2, 0.25) is 0 Å². The van der Waals surface area contributed by atoms with Crippen LogP contribution in [0.25, 0.3) is 0 Å². The van der Waals surface area contributed by atoms with E-state index in [1.165, 1.54) is 19.3 Å². The minimum absolute atomic E-state index is 0.795. The normalized spacial score (nSPS) is 10.8. The Morgan fingerprint density at radius 2 is 1.71 bits per heavy atom. The van der Waals surface area contributed by atoms with Crippen molar-refractivity contribution in [2.24, 2.45) is 0 Å². The molecule has 0 rings (SSSR count). The van der Waals surface area contributed by atoms with Crippen molar-refractivity contribution < 1.29 is 8.85 Å². The molecule has 0 amide bonds. The third-order valence-corrected chi connectivity index (χ3v) is 4.34. The molecule has 0 aromatic heterocycles. The molecule has 0 aromatic rings. The minimum atomic E-state index is -1.31. The fourth-order valence-electron chi connectivity index (χ4n) is 1.36. The highest BCUT2D eigenvalue weighted by Crippen LogP contribution is 2.08. The zero-order valence-corrected chi connectivity index (χ0v) is 10.8. The molecule has 2 nitrogen and oxygen atoms in total. The van der Waals surface area contributed by atoms with E-state index in [-0.39, 0.29) is 0 Å². The van der Waals surface area contributed by atoms with E-state index < -0.39 is 9.28 Å². The van der Waals surface area contributed by atoms with Gasteiger partial charge in [-0.25, -0.2) is 0 Å². The lowest BCUT2D eigenvalue weighted by Crippen LogP contribution is -2.22. The molecule has 0 saturated carbocycles. The molecule has 0 radical (unpaired) electrons. The summed E-state index contributed by atoms with van der Waals surface area (Å²) in [7, 11) is -1.31. The molecule has 0 bridgehead atoms. The average Bonchev–Trinajstić information content (AvgIpc) is 2.18. The van der Waals surface area contributed by atoms with Gasteiger partial charge >= 0.3 is 9.28 Å². The Morgan fingerprint density at radius 1 is 1.07 bits per heavy atom. The summed E-state index contributed by atoms with van der Waals surface area (Å²) in [4.78, 5) is 0. The standard InChI is InChI=1S/C11H24O2Si/c1-4-7-8-9-10-11-14(12-5-2)13-6-3/h4,14H,1,5-11H2,2-3H3. The third-order valence-electron chi connectivity index (χ3n) is 2.05.